The van der Waals surface area contributed by atoms with Crippen LogP contribution in [0, 0.1) is 6.92 Å². The predicted molar refractivity (Wildman–Crippen MR) is 104 cm³/mol. The smallest absolute Gasteiger partial charge is 0.251 e. The van der Waals surface area contributed by atoms with Crippen LogP contribution in [0.2, 0.25) is 0 Å². The maximum atomic E-state index is 12.7. The van der Waals surface area contributed by atoms with E-state index in [1.165, 1.54) is 0 Å². The average Bonchev–Trinajstić information content (AvgIpc) is 2.72. The monoisotopic (exact) mass is 362 g/mol. The molecule has 1 aromatic carbocycles. The van der Waals surface area contributed by atoms with Crippen molar-refractivity contribution in [3.8, 4) is 16.9 Å². The summed E-state index contributed by atoms with van der Waals surface area (Å²) in [5.41, 5.74) is 11.0. The van der Waals surface area contributed by atoms with Crippen LogP contribution in [0.5, 0.6) is 5.75 Å². The summed E-state index contributed by atoms with van der Waals surface area (Å²) in [4.78, 5) is 21.1. The molecule has 3 rings (SSSR count). The number of nitrogens with one attached hydrogen (secondary N) is 1. The van der Waals surface area contributed by atoms with E-state index in [9.17, 15) is 4.79 Å². The zero-order chi connectivity index (χ0) is 19.2. The number of nitrogens with zero attached hydrogens (tertiary/aromatic N) is 2. The molecule has 6 nitrogen and oxygen atoms in total. The van der Waals surface area contributed by atoms with Crippen LogP contribution in [-0.2, 0) is 13.1 Å². The largest absolute Gasteiger partial charge is 0.497 e. The molecule has 3 aromatic rings. The molecule has 27 heavy (non-hydrogen) atoms. The Balaban J connectivity index is 1.83. The second-order valence-electron chi connectivity index (χ2n) is 6.18. The standard InChI is InChI=1S/C21H22N4O2/c1-14-3-5-23-13-20(14)16-7-15(11-22)8-17(9-16)21(26)25-12-18-10-19(27-2)4-6-24-18/h3-10,13H,11-12,22H2,1-2H3,(H,25,26). The van der Waals surface area contributed by atoms with Gasteiger partial charge in [0.1, 0.15) is 5.75 Å². The van der Waals surface area contributed by atoms with Crippen LogP contribution in [0.25, 0.3) is 11.1 Å². The Kier molecular flexibility index (Phi) is 5.78. The number of rotatable bonds is 6. The molecule has 0 fully saturated rings. The zero-order valence-electron chi connectivity index (χ0n) is 15.4. The molecule has 0 aliphatic heterocycles. The van der Waals surface area contributed by atoms with Gasteiger partial charge in [0.05, 0.1) is 19.3 Å². The number of carbonyl (C=O) groups is 1. The average molecular weight is 362 g/mol. The Morgan fingerprint density at radius 2 is 2.04 bits per heavy atom. The fraction of sp³-hybridized carbons (Fsp3) is 0.190. The van der Waals surface area contributed by atoms with E-state index in [0.717, 1.165) is 27.9 Å². The van der Waals surface area contributed by atoms with E-state index in [1.807, 2.05) is 31.2 Å². The lowest BCUT2D eigenvalue weighted by Crippen LogP contribution is -2.23. The minimum Gasteiger partial charge on any atom is -0.497 e. The number of aryl methyl sites for hydroxylation is 1. The van der Waals surface area contributed by atoms with Gasteiger partial charge >= 0.3 is 0 Å². The third-order valence-corrected chi connectivity index (χ3v) is 4.29. The van der Waals surface area contributed by atoms with Crippen LogP contribution >= 0.6 is 0 Å². The first kappa shape index (κ1) is 18.5. The minimum atomic E-state index is -0.183. The molecular formula is C21H22N4O2. The summed E-state index contributed by atoms with van der Waals surface area (Å²) in [6.45, 7) is 2.68. The summed E-state index contributed by atoms with van der Waals surface area (Å²) >= 11 is 0. The van der Waals surface area contributed by atoms with Gasteiger partial charge < -0.3 is 15.8 Å². The van der Waals surface area contributed by atoms with E-state index in [0.29, 0.717) is 24.4 Å². The molecule has 0 aliphatic rings. The summed E-state index contributed by atoms with van der Waals surface area (Å²) in [5, 5.41) is 2.90. The molecule has 0 radical (unpaired) electrons. The molecule has 138 valence electrons. The van der Waals surface area contributed by atoms with E-state index in [4.69, 9.17) is 10.5 Å². The van der Waals surface area contributed by atoms with Gasteiger partial charge in [-0.05, 0) is 53.9 Å². The van der Waals surface area contributed by atoms with E-state index in [-0.39, 0.29) is 5.91 Å². The van der Waals surface area contributed by atoms with Gasteiger partial charge in [0, 0.05) is 42.3 Å². The molecule has 3 N–H and O–H groups in total. The van der Waals surface area contributed by atoms with Crippen LogP contribution < -0.4 is 15.8 Å². The third-order valence-electron chi connectivity index (χ3n) is 4.29. The highest BCUT2D eigenvalue weighted by molar-refractivity contribution is 5.95. The predicted octanol–water partition coefficient (Wildman–Crippen LogP) is 2.85. The molecule has 0 unspecified atom stereocenters. The van der Waals surface area contributed by atoms with Crippen molar-refractivity contribution in [3.63, 3.8) is 0 Å². The summed E-state index contributed by atoms with van der Waals surface area (Å²) in [6.07, 6.45) is 5.20. The summed E-state index contributed by atoms with van der Waals surface area (Å²) < 4.78 is 5.18. The number of ether oxygens (including phenoxy) is 1. The topological polar surface area (TPSA) is 90.1 Å². The van der Waals surface area contributed by atoms with Crippen molar-refractivity contribution in [3.05, 3.63) is 77.4 Å². The second kappa shape index (κ2) is 8.42. The van der Waals surface area contributed by atoms with E-state index in [1.54, 1.807) is 37.8 Å². The van der Waals surface area contributed by atoms with Gasteiger partial charge in [-0.3, -0.25) is 14.8 Å². The van der Waals surface area contributed by atoms with Crippen LogP contribution in [0.15, 0.2) is 55.0 Å². The van der Waals surface area contributed by atoms with Crippen molar-refractivity contribution in [2.45, 2.75) is 20.0 Å². The van der Waals surface area contributed by atoms with E-state index < -0.39 is 0 Å². The first-order valence-electron chi connectivity index (χ1n) is 8.63. The molecule has 6 heteroatoms. The van der Waals surface area contributed by atoms with Crippen molar-refractivity contribution >= 4 is 5.91 Å². The maximum absolute atomic E-state index is 12.7. The van der Waals surface area contributed by atoms with Crippen molar-refractivity contribution in [2.24, 2.45) is 5.73 Å². The van der Waals surface area contributed by atoms with Gasteiger partial charge in [-0.1, -0.05) is 0 Å². The number of amides is 1. The summed E-state index contributed by atoms with van der Waals surface area (Å²) in [5.74, 6) is 0.520. The molecule has 0 aliphatic carbocycles. The Labute approximate surface area is 158 Å². The Bertz CT molecular complexity index is 956. The molecule has 1 amide bonds. The van der Waals surface area contributed by atoms with Gasteiger partial charge in [-0.15, -0.1) is 0 Å². The number of benzene rings is 1. The molecule has 2 aromatic heterocycles. The number of methoxy groups -OCH3 is 1. The van der Waals surface area contributed by atoms with Gasteiger partial charge in [-0.2, -0.15) is 0 Å². The van der Waals surface area contributed by atoms with Crippen molar-refractivity contribution in [2.75, 3.05) is 7.11 Å². The van der Waals surface area contributed by atoms with Crippen LogP contribution in [0.4, 0.5) is 0 Å². The Morgan fingerprint density at radius 3 is 2.78 bits per heavy atom. The molecule has 0 bridgehead atoms. The molecule has 0 atom stereocenters. The minimum absolute atomic E-state index is 0.183. The van der Waals surface area contributed by atoms with Crippen LogP contribution in [0.1, 0.15) is 27.2 Å². The number of carbonyl (C=O) groups excluding carboxylic acids is 1. The highest BCUT2D eigenvalue weighted by Crippen LogP contribution is 2.25. The number of nitrogens with two attached hydrogens (primary N) is 1. The first-order chi connectivity index (χ1) is 13.1. The molecular weight excluding hydrogens is 340 g/mol. The maximum Gasteiger partial charge on any atom is 0.251 e. The highest BCUT2D eigenvalue weighted by Gasteiger charge is 2.11. The van der Waals surface area contributed by atoms with E-state index >= 15 is 0 Å². The van der Waals surface area contributed by atoms with Crippen molar-refractivity contribution < 1.29 is 9.53 Å². The number of hydrogen-bond acceptors (Lipinski definition) is 5. The quantitative estimate of drug-likeness (QED) is 0.704. The van der Waals surface area contributed by atoms with Crippen LogP contribution in [0.3, 0.4) is 0 Å². The Morgan fingerprint density at radius 1 is 1.19 bits per heavy atom. The molecule has 0 saturated heterocycles. The number of aromatic nitrogens is 2. The van der Waals surface area contributed by atoms with Gasteiger partial charge in [-0.25, -0.2) is 0 Å². The SMILES string of the molecule is COc1ccnc(CNC(=O)c2cc(CN)cc(-c3cnccc3C)c2)c1. The molecule has 0 spiro atoms. The van der Waals surface area contributed by atoms with Gasteiger partial charge in [0.15, 0.2) is 0 Å². The van der Waals surface area contributed by atoms with Gasteiger partial charge in [0.2, 0.25) is 0 Å². The molecule has 0 saturated carbocycles. The Hall–Kier alpha value is -3.25. The number of pyridine rings is 2. The first-order valence-corrected chi connectivity index (χ1v) is 8.63. The van der Waals surface area contributed by atoms with Gasteiger partial charge in [0.25, 0.3) is 5.91 Å². The lowest BCUT2D eigenvalue weighted by molar-refractivity contribution is 0.0950. The number of hydrogen-bond donors (Lipinski definition) is 2. The van der Waals surface area contributed by atoms with Crippen molar-refractivity contribution in [1.29, 1.82) is 0 Å². The lowest BCUT2D eigenvalue weighted by Gasteiger charge is -2.11. The fourth-order valence-corrected chi connectivity index (χ4v) is 2.82. The summed E-state index contributed by atoms with van der Waals surface area (Å²) in [7, 11) is 1.60. The fourth-order valence-electron chi connectivity index (χ4n) is 2.82. The van der Waals surface area contributed by atoms with E-state index in [2.05, 4.69) is 15.3 Å². The third kappa shape index (κ3) is 4.48. The second-order valence-corrected chi connectivity index (χ2v) is 6.18. The normalized spacial score (nSPS) is 10.5. The van der Waals surface area contributed by atoms with Crippen LogP contribution in [-0.4, -0.2) is 23.0 Å². The highest BCUT2D eigenvalue weighted by atomic mass is 16.5. The summed E-state index contributed by atoms with van der Waals surface area (Å²) in [6, 6.07) is 11.2. The lowest BCUT2D eigenvalue weighted by atomic mass is 9.98. The van der Waals surface area contributed by atoms with Crippen molar-refractivity contribution in [1.82, 2.24) is 15.3 Å². The zero-order valence-corrected chi connectivity index (χ0v) is 15.4. The molecule has 2 heterocycles.